The second-order valence-corrected chi connectivity index (χ2v) is 5.43. The van der Waals surface area contributed by atoms with Gasteiger partial charge in [0.15, 0.2) is 0 Å². The van der Waals surface area contributed by atoms with Crippen LogP contribution in [-0.2, 0) is 17.7 Å². The van der Waals surface area contributed by atoms with Crippen LogP contribution in [0.1, 0.15) is 11.1 Å². The fraction of sp³-hybridized carbons (Fsp3) is 0.333. The molecule has 5 nitrogen and oxygen atoms in total. The summed E-state index contributed by atoms with van der Waals surface area (Å²) in [5.41, 5.74) is 2.51. The van der Waals surface area contributed by atoms with Gasteiger partial charge in [0.1, 0.15) is 0 Å². The van der Waals surface area contributed by atoms with Crippen molar-refractivity contribution in [3.63, 3.8) is 0 Å². The minimum absolute atomic E-state index is 0.134. The van der Waals surface area contributed by atoms with Crippen LogP contribution in [0.5, 0.6) is 0 Å². The average molecular weight is 314 g/mol. The van der Waals surface area contributed by atoms with E-state index in [4.69, 9.17) is 4.74 Å². The molecule has 0 unspecified atom stereocenters. The van der Waals surface area contributed by atoms with Crippen molar-refractivity contribution in [1.82, 2.24) is 4.90 Å². The highest BCUT2D eigenvalue weighted by molar-refractivity contribution is 5.33. The zero-order chi connectivity index (χ0) is 16.5. The van der Waals surface area contributed by atoms with Crippen molar-refractivity contribution in [3.8, 4) is 0 Å². The van der Waals surface area contributed by atoms with Crippen molar-refractivity contribution in [2.75, 3.05) is 26.8 Å². The van der Waals surface area contributed by atoms with E-state index in [9.17, 15) is 10.1 Å². The zero-order valence-corrected chi connectivity index (χ0v) is 13.4. The number of hydrogen-bond acceptors (Lipinski definition) is 4. The van der Waals surface area contributed by atoms with Crippen LogP contribution in [0, 0.1) is 10.1 Å². The van der Waals surface area contributed by atoms with Crippen LogP contribution < -0.4 is 0 Å². The lowest BCUT2D eigenvalue weighted by atomic mass is 10.1. The van der Waals surface area contributed by atoms with Gasteiger partial charge in [0.2, 0.25) is 0 Å². The van der Waals surface area contributed by atoms with Crippen LogP contribution in [-0.4, -0.2) is 36.6 Å². The lowest BCUT2D eigenvalue weighted by molar-refractivity contribution is -0.384. The number of nitro groups is 1. The van der Waals surface area contributed by atoms with Crippen LogP contribution in [0.2, 0.25) is 0 Å². The molecule has 0 aromatic heterocycles. The van der Waals surface area contributed by atoms with E-state index in [1.807, 2.05) is 30.3 Å². The lowest BCUT2D eigenvalue weighted by Gasteiger charge is -2.22. The summed E-state index contributed by atoms with van der Waals surface area (Å²) in [7, 11) is 1.71. The first kappa shape index (κ1) is 17.1. The van der Waals surface area contributed by atoms with Gasteiger partial charge in [-0.1, -0.05) is 42.5 Å². The molecule has 0 heterocycles. The smallest absolute Gasteiger partial charge is 0.269 e. The van der Waals surface area contributed by atoms with E-state index in [0.29, 0.717) is 6.61 Å². The second-order valence-electron chi connectivity index (χ2n) is 5.43. The molecule has 0 radical (unpaired) electrons. The Morgan fingerprint density at radius 3 is 2.30 bits per heavy atom. The highest BCUT2D eigenvalue weighted by Crippen LogP contribution is 2.13. The van der Waals surface area contributed by atoms with E-state index >= 15 is 0 Å². The lowest BCUT2D eigenvalue weighted by Crippen LogP contribution is -2.29. The molecule has 5 heteroatoms. The van der Waals surface area contributed by atoms with Gasteiger partial charge < -0.3 is 4.74 Å². The van der Waals surface area contributed by atoms with Gasteiger partial charge in [0.05, 0.1) is 11.5 Å². The van der Waals surface area contributed by atoms with Gasteiger partial charge in [0.25, 0.3) is 5.69 Å². The van der Waals surface area contributed by atoms with E-state index in [0.717, 1.165) is 31.6 Å². The van der Waals surface area contributed by atoms with Crippen molar-refractivity contribution >= 4 is 5.69 Å². The number of methoxy groups -OCH3 is 1. The van der Waals surface area contributed by atoms with Crippen LogP contribution in [0.3, 0.4) is 0 Å². The number of nitrogens with zero attached hydrogens (tertiary/aromatic N) is 2. The van der Waals surface area contributed by atoms with Crippen molar-refractivity contribution in [1.29, 1.82) is 0 Å². The first-order valence-electron chi connectivity index (χ1n) is 7.67. The third-order valence-corrected chi connectivity index (χ3v) is 3.72. The van der Waals surface area contributed by atoms with Gasteiger partial charge in [-0.2, -0.15) is 0 Å². The van der Waals surface area contributed by atoms with Gasteiger partial charge in [0, 0.05) is 38.9 Å². The summed E-state index contributed by atoms with van der Waals surface area (Å²) < 4.78 is 5.19. The molecule has 0 saturated carbocycles. The van der Waals surface area contributed by atoms with E-state index in [2.05, 4.69) is 17.0 Å². The Bertz CT molecular complexity index is 599. The van der Waals surface area contributed by atoms with Crippen molar-refractivity contribution in [3.05, 3.63) is 75.8 Å². The van der Waals surface area contributed by atoms with E-state index in [-0.39, 0.29) is 10.6 Å². The first-order chi connectivity index (χ1) is 11.2. The second kappa shape index (κ2) is 9.02. The Balaban J connectivity index is 1.93. The molecule has 23 heavy (non-hydrogen) atoms. The Morgan fingerprint density at radius 1 is 1.00 bits per heavy atom. The van der Waals surface area contributed by atoms with Gasteiger partial charge in [-0.15, -0.1) is 0 Å². The molecule has 0 N–H and O–H groups in total. The molecule has 0 aliphatic heterocycles. The first-order valence-corrected chi connectivity index (χ1v) is 7.67. The highest BCUT2D eigenvalue weighted by Gasteiger charge is 2.08. The molecule has 122 valence electrons. The Labute approximate surface area is 136 Å². The molecule has 0 aliphatic carbocycles. The fourth-order valence-corrected chi connectivity index (χ4v) is 2.40. The molecule has 2 rings (SSSR count). The van der Waals surface area contributed by atoms with E-state index < -0.39 is 0 Å². The predicted octanol–water partition coefficient (Wildman–Crippen LogP) is 3.29. The molecule has 0 amide bonds. The van der Waals surface area contributed by atoms with Crippen molar-refractivity contribution in [2.24, 2.45) is 0 Å². The SMILES string of the molecule is COCCN(CCc1ccc([N+](=O)[O-])cc1)Cc1ccccc1. The van der Waals surface area contributed by atoms with Gasteiger partial charge in [-0.3, -0.25) is 15.0 Å². The number of ether oxygens (including phenoxy) is 1. The molecule has 0 aliphatic rings. The molecule has 2 aromatic carbocycles. The minimum Gasteiger partial charge on any atom is -0.383 e. The zero-order valence-electron chi connectivity index (χ0n) is 13.4. The third kappa shape index (κ3) is 5.81. The Hall–Kier alpha value is -2.24. The predicted molar refractivity (Wildman–Crippen MR) is 90.4 cm³/mol. The maximum atomic E-state index is 10.7. The summed E-state index contributed by atoms with van der Waals surface area (Å²) in [6.45, 7) is 3.30. The molecule has 0 fully saturated rings. The quantitative estimate of drug-likeness (QED) is 0.526. The van der Waals surface area contributed by atoms with Crippen LogP contribution >= 0.6 is 0 Å². The fourth-order valence-electron chi connectivity index (χ4n) is 2.40. The van der Waals surface area contributed by atoms with Crippen LogP contribution in [0.4, 0.5) is 5.69 Å². The Kier molecular flexibility index (Phi) is 6.72. The molecule has 0 bridgehead atoms. The standard InChI is InChI=1S/C18H22N2O3/c1-23-14-13-19(15-17-5-3-2-4-6-17)12-11-16-7-9-18(10-8-16)20(21)22/h2-10H,11-15H2,1H3. The largest absolute Gasteiger partial charge is 0.383 e. The summed E-state index contributed by atoms with van der Waals surface area (Å²) in [4.78, 5) is 12.6. The van der Waals surface area contributed by atoms with Gasteiger partial charge in [-0.25, -0.2) is 0 Å². The molecule has 0 spiro atoms. The summed E-state index contributed by atoms with van der Waals surface area (Å²) in [6.07, 6.45) is 0.856. The molecule has 0 saturated heterocycles. The number of nitro benzene ring substituents is 1. The van der Waals surface area contributed by atoms with Crippen LogP contribution in [0.25, 0.3) is 0 Å². The van der Waals surface area contributed by atoms with Crippen LogP contribution in [0.15, 0.2) is 54.6 Å². The number of rotatable bonds is 9. The number of hydrogen-bond donors (Lipinski definition) is 0. The topological polar surface area (TPSA) is 55.6 Å². The molecule has 0 atom stereocenters. The maximum absolute atomic E-state index is 10.7. The average Bonchev–Trinajstić information content (AvgIpc) is 2.58. The minimum atomic E-state index is -0.371. The van der Waals surface area contributed by atoms with Gasteiger partial charge in [-0.05, 0) is 17.5 Å². The highest BCUT2D eigenvalue weighted by atomic mass is 16.6. The van der Waals surface area contributed by atoms with Crippen molar-refractivity contribution in [2.45, 2.75) is 13.0 Å². The summed E-state index contributed by atoms with van der Waals surface area (Å²) >= 11 is 0. The Morgan fingerprint density at radius 2 is 1.70 bits per heavy atom. The summed E-state index contributed by atoms with van der Waals surface area (Å²) in [5, 5.41) is 10.7. The van der Waals surface area contributed by atoms with E-state index in [1.165, 1.54) is 5.56 Å². The number of benzene rings is 2. The summed E-state index contributed by atoms with van der Waals surface area (Å²) in [6, 6.07) is 17.1. The molecular formula is C18H22N2O3. The third-order valence-electron chi connectivity index (χ3n) is 3.72. The normalized spacial score (nSPS) is 10.9. The summed E-state index contributed by atoms with van der Waals surface area (Å²) in [5.74, 6) is 0. The monoisotopic (exact) mass is 314 g/mol. The van der Waals surface area contributed by atoms with Gasteiger partial charge >= 0.3 is 0 Å². The molecule has 2 aromatic rings. The van der Waals surface area contributed by atoms with E-state index in [1.54, 1.807) is 19.2 Å². The molecular weight excluding hydrogens is 292 g/mol. The van der Waals surface area contributed by atoms with Crippen molar-refractivity contribution < 1.29 is 9.66 Å². The maximum Gasteiger partial charge on any atom is 0.269 e. The number of non-ortho nitro benzene ring substituents is 1.